The molecule has 1 aromatic heterocycles. The van der Waals surface area contributed by atoms with Crippen LogP contribution in [0.3, 0.4) is 0 Å². The Labute approximate surface area is 160 Å². The van der Waals surface area contributed by atoms with Gasteiger partial charge in [0.1, 0.15) is 11.3 Å². The van der Waals surface area contributed by atoms with Crippen LogP contribution in [0.1, 0.15) is 17.3 Å². The van der Waals surface area contributed by atoms with Crippen molar-refractivity contribution in [3.63, 3.8) is 0 Å². The quantitative estimate of drug-likeness (QED) is 0.727. The van der Waals surface area contributed by atoms with Gasteiger partial charge in [0.2, 0.25) is 0 Å². The number of hydrogen-bond donors (Lipinski definition) is 1. The third-order valence-corrected chi connectivity index (χ3v) is 4.79. The highest BCUT2D eigenvalue weighted by molar-refractivity contribution is 6.36. The number of benzene rings is 2. The minimum absolute atomic E-state index is 0.260. The van der Waals surface area contributed by atoms with Gasteiger partial charge >= 0.3 is 0 Å². The molecule has 1 amide bonds. The lowest BCUT2D eigenvalue weighted by Crippen LogP contribution is -2.36. The molecule has 0 fully saturated rings. The van der Waals surface area contributed by atoms with Crippen molar-refractivity contribution in [1.29, 1.82) is 0 Å². The van der Waals surface area contributed by atoms with Gasteiger partial charge in [0, 0.05) is 24.3 Å². The third-order valence-electron chi connectivity index (χ3n) is 4.24. The SMILES string of the molecule is CCN(C(=O)c1c(O)c2c(Cl)cccc2n(C)c1=O)c1cccc(Cl)c1. The van der Waals surface area contributed by atoms with E-state index in [-0.39, 0.29) is 16.0 Å². The number of pyridine rings is 1. The van der Waals surface area contributed by atoms with Crippen molar-refractivity contribution in [2.24, 2.45) is 7.05 Å². The number of carbonyl (C=O) groups is 1. The summed E-state index contributed by atoms with van der Waals surface area (Å²) >= 11 is 12.2. The summed E-state index contributed by atoms with van der Waals surface area (Å²) in [6, 6.07) is 11.7. The highest BCUT2D eigenvalue weighted by Crippen LogP contribution is 2.33. The Morgan fingerprint density at radius 2 is 1.88 bits per heavy atom. The Bertz CT molecular complexity index is 1080. The fourth-order valence-corrected chi connectivity index (χ4v) is 3.39. The van der Waals surface area contributed by atoms with E-state index in [0.717, 1.165) is 0 Å². The van der Waals surface area contributed by atoms with Gasteiger partial charge in [-0.1, -0.05) is 35.3 Å². The standard InChI is InChI=1S/C19H16Cl2N2O3/c1-3-23(12-7-4-6-11(20)10-12)19(26)16-17(24)15-13(21)8-5-9-14(15)22(2)18(16)25/h4-10,24H,3H2,1-2H3. The van der Waals surface area contributed by atoms with E-state index in [1.54, 1.807) is 49.4 Å². The van der Waals surface area contributed by atoms with E-state index in [2.05, 4.69) is 0 Å². The van der Waals surface area contributed by atoms with E-state index in [9.17, 15) is 14.7 Å². The summed E-state index contributed by atoms with van der Waals surface area (Å²) in [5.41, 5.74) is 0.0609. The molecule has 0 aliphatic heterocycles. The maximum absolute atomic E-state index is 13.1. The summed E-state index contributed by atoms with van der Waals surface area (Å²) in [4.78, 5) is 27.2. The average Bonchev–Trinajstić information content (AvgIpc) is 2.60. The molecule has 0 radical (unpaired) electrons. The lowest BCUT2D eigenvalue weighted by Gasteiger charge is -2.22. The van der Waals surface area contributed by atoms with Gasteiger partial charge in [-0.25, -0.2) is 0 Å². The van der Waals surface area contributed by atoms with Crippen LogP contribution in [0.15, 0.2) is 47.3 Å². The van der Waals surface area contributed by atoms with E-state index < -0.39 is 17.2 Å². The van der Waals surface area contributed by atoms with Crippen LogP contribution < -0.4 is 10.5 Å². The molecule has 0 saturated carbocycles. The van der Waals surface area contributed by atoms with Crippen molar-refractivity contribution in [3.05, 3.63) is 68.4 Å². The first-order chi connectivity index (χ1) is 12.4. The van der Waals surface area contributed by atoms with Gasteiger partial charge in [0.25, 0.3) is 11.5 Å². The molecule has 26 heavy (non-hydrogen) atoms. The van der Waals surface area contributed by atoms with Crippen molar-refractivity contribution in [1.82, 2.24) is 4.57 Å². The van der Waals surface area contributed by atoms with Crippen LogP contribution in [-0.2, 0) is 7.05 Å². The zero-order valence-corrected chi connectivity index (χ0v) is 15.7. The number of fused-ring (bicyclic) bond motifs is 1. The van der Waals surface area contributed by atoms with Gasteiger partial charge < -0.3 is 14.6 Å². The maximum Gasteiger partial charge on any atom is 0.267 e. The van der Waals surface area contributed by atoms with Crippen molar-refractivity contribution in [2.45, 2.75) is 6.92 Å². The van der Waals surface area contributed by atoms with Crippen LogP contribution in [0.4, 0.5) is 5.69 Å². The fraction of sp³-hybridized carbons (Fsp3) is 0.158. The van der Waals surface area contributed by atoms with Gasteiger partial charge in [-0.2, -0.15) is 0 Å². The van der Waals surface area contributed by atoms with E-state index in [1.165, 1.54) is 16.5 Å². The van der Waals surface area contributed by atoms with Crippen molar-refractivity contribution in [3.8, 4) is 5.75 Å². The monoisotopic (exact) mass is 390 g/mol. The lowest BCUT2D eigenvalue weighted by atomic mass is 10.1. The van der Waals surface area contributed by atoms with Crippen LogP contribution in [0, 0.1) is 0 Å². The minimum atomic E-state index is -0.616. The molecule has 0 bridgehead atoms. The number of nitrogens with zero attached hydrogens (tertiary/aromatic N) is 2. The second kappa shape index (κ2) is 7.02. The lowest BCUT2D eigenvalue weighted by molar-refractivity contribution is 0.0984. The van der Waals surface area contributed by atoms with E-state index >= 15 is 0 Å². The number of hydrogen-bond acceptors (Lipinski definition) is 3. The Hall–Kier alpha value is -2.50. The summed E-state index contributed by atoms with van der Waals surface area (Å²) < 4.78 is 1.31. The molecular formula is C19H16Cl2N2O3. The normalized spacial score (nSPS) is 10.9. The topological polar surface area (TPSA) is 62.5 Å². The number of aryl methyl sites for hydroxylation is 1. The molecule has 134 valence electrons. The predicted molar refractivity (Wildman–Crippen MR) is 105 cm³/mol. The highest BCUT2D eigenvalue weighted by Gasteiger charge is 2.26. The number of rotatable bonds is 3. The van der Waals surface area contributed by atoms with Crippen molar-refractivity contribution >= 4 is 45.7 Å². The van der Waals surface area contributed by atoms with Gasteiger partial charge in [-0.05, 0) is 37.3 Å². The first-order valence-electron chi connectivity index (χ1n) is 7.94. The van der Waals surface area contributed by atoms with E-state index in [4.69, 9.17) is 23.2 Å². The Morgan fingerprint density at radius 1 is 1.19 bits per heavy atom. The minimum Gasteiger partial charge on any atom is -0.506 e. The fourth-order valence-electron chi connectivity index (χ4n) is 2.95. The molecule has 0 aliphatic rings. The molecule has 0 saturated heterocycles. The third kappa shape index (κ3) is 2.93. The molecule has 2 aromatic carbocycles. The smallest absolute Gasteiger partial charge is 0.267 e. The molecule has 7 heteroatoms. The predicted octanol–water partition coefficient (Wildman–Crippen LogP) is 4.22. The highest BCUT2D eigenvalue weighted by atomic mass is 35.5. The summed E-state index contributed by atoms with van der Waals surface area (Å²) in [7, 11) is 1.53. The molecule has 0 unspecified atom stereocenters. The first-order valence-corrected chi connectivity index (χ1v) is 8.70. The summed E-state index contributed by atoms with van der Waals surface area (Å²) in [6.45, 7) is 2.07. The summed E-state index contributed by atoms with van der Waals surface area (Å²) in [6.07, 6.45) is 0. The molecular weight excluding hydrogens is 375 g/mol. The summed E-state index contributed by atoms with van der Waals surface area (Å²) in [5.74, 6) is -1.03. The van der Waals surface area contributed by atoms with Crippen LogP contribution >= 0.6 is 23.2 Å². The van der Waals surface area contributed by atoms with Crippen LogP contribution in [-0.4, -0.2) is 22.1 Å². The Balaban J connectivity index is 2.26. The first kappa shape index (κ1) is 18.3. The average molecular weight is 391 g/mol. The molecule has 3 aromatic rings. The second-order valence-electron chi connectivity index (χ2n) is 5.75. The van der Waals surface area contributed by atoms with Crippen molar-refractivity contribution < 1.29 is 9.90 Å². The summed E-state index contributed by atoms with van der Waals surface area (Å²) in [5, 5.41) is 11.7. The van der Waals surface area contributed by atoms with E-state index in [1.807, 2.05) is 0 Å². The van der Waals surface area contributed by atoms with Crippen LogP contribution in [0.25, 0.3) is 10.9 Å². The number of amides is 1. The number of carbonyl (C=O) groups excluding carboxylic acids is 1. The second-order valence-corrected chi connectivity index (χ2v) is 6.59. The molecule has 5 nitrogen and oxygen atoms in total. The number of anilines is 1. The zero-order chi connectivity index (χ0) is 19.0. The van der Waals surface area contributed by atoms with E-state index in [0.29, 0.717) is 22.8 Å². The molecule has 0 spiro atoms. The zero-order valence-electron chi connectivity index (χ0n) is 14.2. The Morgan fingerprint density at radius 3 is 2.54 bits per heavy atom. The Kier molecular flexibility index (Phi) is 4.94. The largest absolute Gasteiger partial charge is 0.506 e. The van der Waals surface area contributed by atoms with Gasteiger partial charge in [-0.15, -0.1) is 0 Å². The van der Waals surface area contributed by atoms with Crippen LogP contribution in [0.5, 0.6) is 5.75 Å². The maximum atomic E-state index is 13.1. The van der Waals surface area contributed by atoms with Gasteiger partial charge in [0.05, 0.1) is 15.9 Å². The molecule has 0 aliphatic carbocycles. The molecule has 3 rings (SSSR count). The number of halogens is 2. The molecule has 1 N–H and O–H groups in total. The number of aromatic nitrogens is 1. The number of aromatic hydroxyl groups is 1. The van der Waals surface area contributed by atoms with Crippen LogP contribution in [0.2, 0.25) is 10.0 Å². The molecule has 1 heterocycles. The van der Waals surface area contributed by atoms with Gasteiger partial charge in [0.15, 0.2) is 0 Å². The molecule has 0 atom stereocenters. The van der Waals surface area contributed by atoms with Gasteiger partial charge in [-0.3, -0.25) is 9.59 Å². The van der Waals surface area contributed by atoms with Crippen molar-refractivity contribution in [2.75, 3.05) is 11.4 Å².